The molecule has 0 atom stereocenters. The predicted molar refractivity (Wildman–Crippen MR) is 39.0 cm³/mol. The number of halogens is 1. The summed E-state index contributed by atoms with van der Waals surface area (Å²) >= 11 is 5.68. The summed E-state index contributed by atoms with van der Waals surface area (Å²) in [6.07, 6.45) is 5.25. The van der Waals surface area contributed by atoms with Crippen LogP contribution in [0.2, 0.25) is 5.02 Å². The molecular weight excluding hydrogens is 148 g/mol. The van der Waals surface area contributed by atoms with Gasteiger partial charge in [-0.05, 0) is 6.07 Å². The predicted octanol–water partition coefficient (Wildman–Crippen LogP) is 1.79. The molecule has 2 aromatic rings. The Bertz CT molecular complexity index is 353. The van der Waals surface area contributed by atoms with E-state index in [4.69, 9.17) is 11.6 Å². The molecule has 0 spiro atoms. The van der Waals surface area contributed by atoms with Crippen LogP contribution in [0.3, 0.4) is 0 Å². The number of aromatic nitrogens is 2. The Balaban J connectivity index is 2.86. The fourth-order valence-corrected chi connectivity index (χ4v) is 0.988. The second-order valence-corrected chi connectivity index (χ2v) is 2.40. The minimum atomic E-state index is 0.636. The molecule has 3 heteroatoms. The topological polar surface area (TPSA) is 17.3 Å². The third kappa shape index (κ3) is 0.772. The number of rotatable bonds is 0. The van der Waals surface area contributed by atoms with Gasteiger partial charge in [-0.1, -0.05) is 11.6 Å². The second kappa shape index (κ2) is 1.99. The molecule has 0 aromatic carbocycles. The van der Waals surface area contributed by atoms with Crippen molar-refractivity contribution in [2.24, 2.45) is 0 Å². The van der Waals surface area contributed by atoms with Crippen LogP contribution < -0.4 is 0 Å². The van der Waals surface area contributed by atoms with Gasteiger partial charge in [0.15, 0.2) is 0 Å². The van der Waals surface area contributed by atoms with Gasteiger partial charge >= 0.3 is 0 Å². The van der Waals surface area contributed by atoms with Crippen LogP contribution in [0, 0.1) is 6.07 Å². The number of hydrogen-bond acceptors (Lipinski definition) is 1. The maximum atomic E-state index is 5.68. The molecule has 2 aromatic heterocycles. The van der Waals surface area contributed by atoms with Crippen molar-refractivity contribution in [2.45, 2.75) is 0 Å². The summed E-state index contributed by atoms with van der Waals surface area (Å²) in [7, 11) is 0. The Morgan fingerprint density at radius 2 is 2.50 bits per heavy atom. The fourth-order valence-electron chi connectivity index (χ4n) is 0.834. The first-order valence-corrected chi connectivity index (χ1v) is 3.24. The highest BCUT2D eigenvalue weighted by atomic mass is 35.5. The standard InChI is InChI=1S/C7H4ClN2/c8-6-4-9-7-2-1-3-10(7)5-6/h1,3-5H. The van der Waals surface area contributed by atoms with Crippen molar-refractivity contribution in [3.8, 4) is 0 Å². The Hall–Kier alpha value is -1.02. The van der Waals surface area contributed by atoms with Gasteiger partial charge in [-0.2, -0.15) is 0 Å². The van der Waals surface area contributed by atoms with Crippen LogP contribution in [0.1, 0.15) is 0 Å². The summed E-state index contributed by atoms with van der Waals surface area (Å²) in [5, 5.41) is 0.636. The van der Waals surface area contributed by atoms with Crippen LogP contribution in [0.4, 0.5) is 0 Å². The van der Waals surface area contributed by atoms with Crippen molar-refractivity contribution in [2.75, 3.05) is 0 Å². The molecule has 0 amide bonds. The van der Waals surface area contributed by atoms with E-state index in [2.05, 4.69) is 11.1 Å². The second-order valence-electron chi connectivity index (χ2n) is 1.96. The summed E-state index contributed by atoms with van der Waals surface area (Å²) < 4.78 is 1.82. The van der Waals surface area contributed by atoms with E-state index in [0.717, 1.165) is 5.65 Å². The lowest BCUT2D eigenvalue weighted by molar-refractivity contribution is 1.13. The first-order chi connectivity index (χ1) is 4.86. The van der Waals surface area contributed by atoms with E-state index in [9.17, 15) is 0 Å². The summed E-state index contributed by atoms with van der Waals surface area (Å²) in [5.41, 5.74) is 0.796. The zero-order valence-electron chi connectivity index (χ0n) is 5.08. The van der Waals surface area contributed by atoms with Crippen molar-refractivity contribution in [1.82, 2.24) is 9.38 Å². The van der Waals surface area contributed by atoms with Crippen LogP contribution >= 0.6 is 11.6 Å². The van der Waals surface area contributed by atoms with Crippen LogP contribution in [0.5, 0.6) is 0 Å². The zero-order chi connectivity index (χ0) is 6.97. The molecule has 10 heavy (non-hydrogen) atoms. The minimum absolute atomic E-state index is 0.636. The summed E-state index contributed by atoms with van der Waals surface area (Å²) in [6.45, 7) is 0. The SMILES string of the molecule is Clc1cnc2[c]ccn2c1. The smallest absolute Gasteiger partial charge is 0.144 e. The van der Waals surface area contributed by atoms with E-state index in [1.165, 1.54) is 0 Å². The highest BCUT2D eigenvalue weighted by molar-refractivity contribution is 6.30. The zero-order valence-corrected chi connectivity index (χ0v) is 5.84. The Labute approximate surface area is 63.1 Å². The number of fused-ring (bicyclic) bond motifs is 1. The molecular formula is C7H4ClN2. The van der Waals surface area contributed by atoms with E-state index in [0.29, 0.717) is 5.02 Å². The highest BCUT2D eigenvalue weighted by Gasteiger charge is 1.92. The lowest BCUT2D eigenvalue weighted by Crippen LogP contribution is -1.83. The third-order valence-corrected chi connectivity index (χ3v) is 1.46. The lowest BCUT2D eigenvalue weighted by Gasteiger charge is -1.91. The molecule has 0 bridgehead atoms. The van der Waals surface area contributed by atoms with E-state index < -0.39 is 0 Å². The molecule has 2 rings (SSSR count). The van der Waals surface area contributed by atoms with E-state index >= 15 is 0 Å². The van der Waals surface area contributed by atoms with E-state index in [1.54, 1.807) is 18.5 Å². The van der Waals surface area contributed by atoms with Crippen molar-refractivity contribution < 1.29 is 0 Å². The maximum Gasteiger partial charge on any atom is 0.144 e. The van der Waals surface area contributed by atoms with Gasteiger partial charge in [-0.15, -0.1) is 0 Å². The molecule has 2 heterocycles. The normalized spacial score (nSPS) is 10.5. The van der Waals surface area contributed by atoms with Crippen LogP contribution in [0.15, 0.2) is 24.7 Å². The highest BCUT2D eigenvalue weighted by Crippen LogP contribution is 2.07. The average molecular weight is 152 g/mol. The molecule has 0 fully saturated rings. The molecule has 0 unspecified atom stereocenters. The summed E-state index contributed by atoms with van der Waals surface area (Å²) in [5.74, 6) is 0. The van der Waals surface area contributed by atoms with Crippen molar-refractivity contribution in [3.63, 3.8) is 0 Å². The summed E-state index contributed by atoms with van der Waals surface area (Å²) in [4.78, 5) is 4.02. The maximum absolute atomic E-state index is 5.68. The Morgan fingerprint density at radius 1 is 1.60 bits per heavy atom. The average Bonchev–Trinajstić information content (AvgIpc) is 2.33. The largest absolute Gasteiger partial charge is 0.307 e. The molecule has 0 aliphatic carbocycles. The number of hydrogen-bond donors (Lipinski definition) is 0. The Morgan fingerprint density at radius 3 is 3.40 bits per heavy atom. The molecule has 49 valence electrons. The molecule has 0 saturated heterocycles. The first-order valence-electron chi connectivity index (χ1n) is 2.86. The molecule has 0 aliphatic rings. The van der Waals surface area contributed by atoms with Crippen molar-refractivity contribution in [3.05, 3.63) is 35.7 Å². The molecule has 0 saturated carbocycles. The van der Waals surface area contributed by atoms with Crippen LogP contribution in [-0.4, -0.2) is 9.38 Å². The van der Waals surface area contributed by atoms with Gasteiger partial charge in [0.2, 0.25) is 0 Å². The molecule has 0 N–H and O–H groups in total. The summed E-state index contributed by atoms with van der Waals surface area (Å²) in [6, 6.07) is 4.74. The fraction of sp³-hybridized carbons (Fsp3) is 0. The van der Waals surface area contributed by atoms with E-state index in [-0.39, 0.29) is 0 Å². The van der Waals surface area contributed by atoms with Gasteiger partial charge in [0.05, 0.1) is 5.02 Å². The van der Waals surface area contributed by atoms with Gasteiger partial charge in [-0.3, -0.25) is 0 Å². The van der Waals surface area contributed by atoms with Gasteiger partial charge in [0.25, 0.3) is 0 Å². The van der Waals surface area contributed by atoms with Crippen molar-refractivity contribution in [1.29, 1.82) is 0 Å². The first kappa shape index (κ1) is 5.74. The monoisotopic (exact) mass is 151 g/mol. The van der Waals surface area contributed by atoms with Crippen LogP contribution in [-0.2, 0) is 0 Å². The van der Waals surface area contributed by atoms with Gasteiger partial charge < -0.3 is 4.40 Å². The van der Waals surface area contributed by atoms with Gasteiger partial charge in [-0.25, -0.2) is 4.98 Å². The molecule has 2 nitrogen and oxygen atoms in total. The molecule has 0 aliphatic heterocycles. The molecule has 1 radical (unpaired) electrons. The number of nitrogens with zero attached hydrogens (tertiary/aromatic N) is 2. The van der Waals surface area contributed by atoms with Crippen LogP contribution in [0.25, 0.3) is 5.65 Å². The van der Waals surface area contributed by atoms with Gasteiger partial charge in [0.1, 0.15) is 5.65 Å². The minimum Gasteiger partial charge on any atom is -0.307 e. The van der Waals surface area contributed by atoms with Crippen molar-refractivity contribution >= 4 is 17.2 Å². The van der Waals surface area contributed by atoms with Gasteiger partial charge in [0, 0.05) is 24.7 Å². The lowest BCUT2D eigenvalue weighted by atomic mass is 10.6. The Kier molecular flexibility index (Phi) is 1.14. The quantitative estimate of drug-likeness (QED) is 0.561. The van der Waals surface area contributed by atoms with E-state index in [1.807, 2.05) is 10.6 Å². The third-order valence-electron chi connectivity index (χ3n) is 1.26.